The van der Waals surface area contributed by atoms with Gasteiger partial charge in [-0.1, -0.05) is 0 Å². The number of ether oxygens (including phenoxy) is 1. The quantitative estimate of drug-likeness (QED) is 0.789. The number of hydrogen-bond donors (Lipinski definition) is 2. The van der Waals surface area contributed by atoms with Crippen LogP contribution < -0.4 is 5.32 Å². The van der Waals surface area contributed by atoms with Gasteiger partial charge in [0.1, 0.15) is 12.0 Å². The van der Waals surface area contributed by atoms with Gasteiger partial charge in [-0.3, -0.25) is 0 Å². The van der Waals surface area contributed by atoms with Crippen LogP contribution in [0.3, 0.4) is 0 Å². The average molecular weight is 239 g/mol. The summed E-state index contributed by atoms with van der Waals surface area (Å²) in [5.41, 5.74) is 0.197. The van der Waals surface area contributed by atoms with E-state index in [0.717, 1.165) is 19.4 Å². The molecule has 1 aliphatic carbocycles. The zero-order valence-electron chi connectivity index (χ0n) is 9.81. The van der Waals surface area contributed by atoms with Crippen molar-refractivity contribution in [2.24, 2.45) is 0 Å². The van der Waals surface area contributed by atoms with Gasteiger partial charge in [-0.15, -0.1) is 0 Å². The number of carboxylic acids is 1. The fraction of sp³-hybridized carbons (Fsp3) is 0.583. The summed E-state index contributed by atoms with van der Waals surface area (Å²) in [7, 11) is 0. The molecule has 0 atom stereocenters. The summed E-state index contributed by atoms with van der Waals surface area (Å²) in [6, 6.07) is 2.00. The van der Waals surface area contributed by atoms with Gasteiger partial charge in [0.2, 0.25) is 0 Å². The first kappa shape index (κ1) is 12.1. The molecule has 1 aromatic heterocycles. The maximum atomic E-state index is 10.6. The fourth-order valence-corrected chi connectivity index (χ4v) is 1.93. The summed E-state index contributed by atoms with van der Waals surface area (Å²) >= 11 is 0. The summed E-state index contributed by atoms with van der Waals surface area (Å²) in [6.45, 7) is 3.32. The van der Waals surface area contributed by atoms with Crippen molar-refractivity contribution in [2.45, 2.75) is 38.5 Å². The molecule has 5 heteroatoms. The predicted molar refractivity (Wildman–Crippen MR) is 60.9 cm³/mol. The summed E-state index contributed by atoms with van der Waals surface area (Å²) in [4.78, 5) is 10.6. The van der Waals surface area contributed by atoms with E-state index in [2.05, 4.69) is 5.32 Å². The largest absolute Gasteiger partial charge is 0.478 e. The minimum atomic E-state index is -0.958. The number of carbonyl (C=O) groups is 1. The highest BCUT2D eigenvalue weighted by atomic mass is 16.5. The van der Waals surface area contributed by atoms with Gasteiger partial charge < -0.3 is 19.6 Å². The van der Waals surface area contributed by atoms with Crippen LogP contribution in [0, 0.1) is 0 Å². The van der Waals surface area contributed by atoms with E-state index in [1.165, 1.54) is 6.26 Å². The molecule has 1 heterocycles. The number of furan rings is 1. The van der Waals surface area contributed by atoms with E-state index in [1.54, 1.807) is 6.07 Å². The molecule has 5 nitrogen and oxygen atoms in total. The zero-order chi connectivity index (χ0) is 12.3. The number of rotatable bonds is 6. The van der Waals surface area contributed by atoms with Gasteiger partial charge in [-0.25, -0.2) is 4.79 Å². The van der Waals surface area contributed by atoms with E-state index in [0.29, 0.717) is 24.5 Å². The summed E-state index contributed by atoms with van der Waals surface area (Å²) in [5.74, 6) is -0.303. The molecule has 94 valence electrons. The fourth-order valence-electron chi connectivity index (χ4n) is 1.93. The van der Waals surface area contributed by atoms with Crippen LogP contribution in [0.15, 0.2) is 16.7 Å². The van der Waals surface area contributed by atoms with E-state index >= 15 is 0 Å². The third-order valence-electron chi connectivity index (χ3n) is 2.96. The van der Waals surface area contributed by atoms with Crippen LogP contribution in [-0.4, -0.2) is 29.8 Å². The van der Waals surface area contributed by atoms with Crippen molar-refractivity contribution in [1.29, 1.82) is 0 Å². The molecule has 2 N–H and O–H groups in total. The summed E-state index contributed by atoms with van der Waals surface area (Å²) in [5, 5.41) is 12.0. The topological polar surface area (TPSA) is 71.7 Å². The SMILES string of the molecule is CCOC1CC(NCc2cc(C(=O)O)co2)C1. The molecule has 17 heavy (non-hydrogen) atoms. The molecule has 2 rings (SSSR count). The van der Waals surface area contributed by atoms with Crippen molar-refractivity contribution in [3.05, 3.63) is 23.7 Å². The molecule has 0 radical (unpaired) electrons. The Kier molecular flexibility index (Phi) is 3.81. The first-order chi connectivity index (χ1) is 8.19. The highest BCUT2D eigenvalue weighted by Crippen LogP contribution is 2.23. The number of nitrogens with one attached hydrogen (secondary N) is 1. The van der Waals surface area contributed by atoms with Crippen LogP contribution in [0.1, 0.15) is 35.9 Å². The van der Waals surface area contributed by atoms with Gasteiger partial charge in [0.25, 0.3) is 0 Å². The number of carboxylic acid groups (broad SMARTS) is 1. The summed E-state index contributed by atoms with van der Waals surface area (Å²) < 4.78 is 10.6. The molecular formula is C12H17NO4. The molecule has 0 bridgehead atoms. The Balaban J connectivity index is 1.70. The van der Waals surface area contributed by atoms with E-state index in [-0.39, 0.29) is 5.56 Å². The maximum absolute atomic E-state index is 10.6. The van der Waals surface area contributed by atoms with Crippen LogP contribution >= 0.6 is 0 Å². The standard InChI is InChI=1S/C12H17NO4/c1-2-16-10-4-9(5-10)13-6-11-3-8(7-17-11)12(14)15/h3,7,9-10,13H,2,4-6H2,1H3,(H,14,15). The van der Waals surface area contributed by atoms with E-state index in [4.69, 9.17) is 14.3 Å². The van der Waals surface area contributed by atoms with Crippen LogP contribution in [0.5, 0.6) is 0 Å². The molecule has 0 amide bonds. The van der Waals surface area contributed by atoms with E-state index in [9.17, 15) is 4.79 Å². The van der Waals surface area contributed by atoms with E-state index < -0.39 is 5.97 Å². The Labute approximate surface area is 99.8 Å². The van der Waals surface area contributed by atoms with Gasteiger partial charge >= 0.3 is 5.97 Å². The van der Waals surface area contributed by atoms with Gasteiger partial charge in [0.05, 0.1) is 18.2 Å². The van der Waals surface area contributed by atoms with Gasteiger partial charge in [0.15, 0.2) is 0 Å². The second kappa shape index (κ2) is 5.33. The lowest BCUT2D eigenvalue weighted by Gasteiger charge is -2.35. The second-order valence-electron chi connectivity index (χ2n) is 4.23. The monoisotopic (exact) mass is 239 g/mol. The molecular weight excluding hydrogens is 222 g/mol. The Bertz CT molecular complexity index is 382. The van der Waals surface area contributed by atoms with Crippen molar-refractivity contribution in [3.63, 3.8) is 0 Å². The minimum Gasteiger partial charge on any atom is -0.478 e. The van der Waals surface area contributed by atoms with Gasteiger partial charge in [-0.05, 0) is 25.8 Å². The number of hydrogen-bond acceptors (Lipinski definition) is 4. The van der Waals surface area contributed by atoms with Gasteiger partial charge in [-0.2, -0.15) is 0 Å². The highest BCUT2D eigenvalue weighted by molar-refractivity contribution is 5.87. The Morgan fingerprint density at radius 3 is 3.00 bits per heavy atom. The molecule has 0 spiro atoms. The first-order valence-corrected chi connectivity index (χ1v) is 5.84. The lowest BCUT2D eigenvalue weighted by atomic mass is 9.89. The van der Waals surface area contributed by atoms with Crippen molar-refractivity contribution in [1.82, 2.24) is 5.32 Å². The average Bonchev–Trinajstić information content (AvgIpc) is 2.70. The van der Waals surface area contributed by atoms with Crippen LogP contribution in [-0.2, 0) is 11.3 Å². The third kappa shape index (κ3) is 3.08. The molecule has 0 saturated heterocycles. The minimum absolute atomic E-state index is 0.197. The molecule has 1 aliphatic rings. The maximum Gasteiger partial charge on any atom is 0.338 e. The molecule has 1 fully saturated rings. The van der Waals surface area contributed by atoms with Gasteiger partial charge in [0, 0.05) is 12.6 Å². The number of aromatic carboxylic acids is 1. The van der Waals surface area contributed by atoms with Crippen molar-refractivity contribution in [3.8, 4) is 0 Å². The first-order valence-electron chi connectivity index (χ1n) is 5.84. The van der Waals surface area contributed by atoms with Crippen LogP contribution in [0.2, 0.25) is 0 Å². The zero-order valence-corrected chi connectivity index (χ0v) is 9.81. The molecule has 1 aromatic rings. The smallest absolute Gasteiger partial charge is 0.338 e. The van der Waals surface area contributed by atoms with Crippen LogP contribution in [0.4, 0.5) is 0 Å². The van der Waals surface area contributed by atoms with Crippen molar-refractivity contribution >= 4 is 5.97 Å². The Morgan fingerprint density at radius 2 is 2.41 bits per heavy atom. The molecule has 0 aromatic carbocycles. The van der Waals surface area contributed by atoms with Crippen molar-refractivity contribution in [2.75, 3.05) is 6.61 Å². The van der Waals surface area contributed by atoms with E-state index in [1.807, 2.05) is 6.92 Å². The lowest BCUT2D eigenvalue weighted by Crippen LogP contribution is -2.45. The third-order valence-corrected chi connectivity index (χ3v) is 2.96. The summed E-state index contributed by atoms with van der Waals surface area (Å²) in [6.07, 6.45) is 3.67. The normalized spacial score (nSPS) is 23.4. The second-order valence-corrected chi connectivity index (χ2v) is 4.23. The Morgan fingerprint density at radius 1 is 1.65 bits per heavy atom. The highest BCUT2D eigenvalue weighted by Gasteiger charge is 2.29. The Hall–Kier alpha value is -1.33. The lowest BCUT2D eigenvalue weighted by molar-refractivity contribution is -0.0105. The predicted octanol–water partition coefficient (Wildman–Crippen LogP) is 1.63. The molecule has 1 saturated carbocycles. The molecule has 0 aliphatic heterocycles. The van der Waals surface area contributed by atoms with Crippen LogP contribution in [0.25, 0.3) is 0 Å². The van der Waals surface area contributed by atoms with Crippen molar-refractivity contribution < 1.29 is 19.1 Å². The molecule has 0 unspecified atom stereocenters.